The van der Waals surface area contributed by atoms with Gasteiger partial charge in [0.1, 0.15) is 6.04 Å². The normalized spacial score (nSPS) is 25.7. The number of halogens is 1. The number of ketones is 1. The summed E-state index contributed by atoms with van der Waals surface area (Å²) in [7, 11) is 0. The van der Waals surface area contributed by atoms with E-state index in [0.29, 0.717) is 10.7 Å². The summed E-state index contributed by atoms with van der Waals surface area (Å²) in [6.07, 6.45) is 5.17. The molecule has 6 rings (SSSR count). The Morgan fingerprint density at radius 2 is 1.75 bits per heavy atom. The van der Waals surface area contributed by atoms with E-state index in [0.717, 1.165) is 11.1 Å². The van der Waals surface area contributed by atoms with E-state index in [9.17, 15) is 14.4 Å². The van der Waals surface area contributed by atoms with Crippen LogP contribution in [0.3, 0.4) is 0 Å². The summed E-state index contributed by atoms with van der Waals surface area (Å²) >= 11 is 6.13. The van der Waals surface area contributed by atoms with E-state index in [4.69, 9.17) is 16.0 Å². The third-order valence-corrected chi connectivity index (χ3v) is 6.80. The van der Waals surface area contributed by atoms with Crippen molar-refractivity contribution in [3.63, 3.8) is 0 Å². The van der Waals surface area contributed by atoms with Gasteiger partial charge in [-0.05, 0) is 47.5 Å². The molecule has 0 bridgehead atoms. The number of hydrogen-bond donors (Lipinski definition) is 0. The van der Waals surface area contributed by atoms with Crippen LogP contribution in [0.25, 0.3) is 6.08 Å². The first-order chi connectivity index (χ1) is 15.6. The maximum absolute atomic E-state index is 13.7. The van der Waals surface area contributed by atoms with Crippen molar-refractivity contribution in [1.29, 1.82) is 0 Å². The Bertz CT molecular complexity index is 1300. The second kappa shape index (κ2) is 6.93. The van der Waals surface area contributed by atoms with Gasteiger partial charge in [-0.1, -0.05) is 41.9 Å². The fourth-order valence-electron chi connectivity index (χ4n) is 5.29. The molecule has 2 fully saturated rings. The van der Waals surface area contributed by atoms with Crippen LogP contribution in [-0.2, 0) is 9.59 Å². The topological polar surface area (TPSA) is 70.8 Å². The number of benzene rings is 2. The van der Waals surface area contributed by atoms with Crippen molar-refractivity contribution in [1.82, 2.24) is 4.90 Å². The van der Waals surface area contributed by atoms with Crippen LogP contribution in [0.4, 0.5) is 5.69 Å². The number of carbonyl (C=O) groups excluding carboxylic acids is 3. The summed E-state index contributed by atoms with van der Waals surface area (Å²) in [5.41, 5.74) is 2.31. The first-order valence-corrected chi connectivity index (χ1v) is 10.7. The summed E-state index contributed by atoms with van der Waals surface area (Å²) in [4.78, 5) is 43.9. The maximum Gasteiger partial charge on any atom is 0.240 e. The Labute approximate surface area is 188 Å². The second-order valence-electron chi connectivity index (χ2n) is 8.17. The van der Waals surface area contributed by atoms with E-state index >= 15 is 0 Å². The van der Waals surface area contributed by atoms with Crippen LogP contribution in [0.5, 0.6) is 0 Å². The molecule has 3 aliphatic heterocycles. The van der Waals surface area contributed by atoms with Gasteiger partial charge < -0.3 is 9.32 Å². The molecule has 2 saturated heterocycles. The highest BCUT2D eigenvalue weighted by Gasteiger charge is 2.64. The fourth-order valence-corrected chi connectivity index (χ4v) is 5.48. The van der Waals surface area contributed by atoms with Crippen LogP contribution in [0.15, 0.2) is 77.5 Å². The molecule has 0 spiro atoms. The lowest BCUT2D eigenvalue weighted by Gasteiger charge is -2.35. The van der Waals surface area contributed by atoms with Crippen molar-refractivity contribution >= 4 is 41.0 Å². The van der Waals surface area contributed by atoms with Gasteiger partial charge in [-0.25, -0.2) is 4.90 Å². The van der Waals surface area contributed by atoms with E-state index in [1.54, 1.807) is 36.4 Å². The molecule has 4 heterocycles. The second-order valence-corrected chi connectivity index (χ2v) is 8.60. The van der Waals surface area contributed by atoms with Crippen LogP contribution < -0.4 is 4.90 Å². The quantitative estimate of drug-likeness (QED) is 0.444. The van der Waals surface area contributed by atoms with Crippen LogP contribution >= 0.6 is 11.6 Å². The number of furan rings is 1. The third kappa shape index (κ3) is 2.56. The Balaban J connectivity index is 1.51. The average molecular weight is 445 g/mol. The van der Waals surface area contributed by atoms with Crippen molar-refractivity contribution in [2.24, 2.45) is 11.8 Å². The summed E-state index contributed by atoms with van der Waals surface area (Å²) in [5, 5.41) is 0.427. The fraction of sp³-hybridized carbons (Fsp3) is 0.160. The molecule has 0 unspecified atom stereocenters. The molecule has 3 aliphatic rings. The van der Waals surface area contributed by atoms with Crippen molar-refractivity contribution in [3.05, 3.63) is 95.0 Å². The SMILES string of the molecule is O=C(c1ccco1)[C@@H]1[C@@H]2C(=O)N(c3cccc(Cl)c3)C(=O)[C@@H]2[C@H]2c3ccccc3C=CN12. The van der Waals surface area contributed by atoms with E-state index in [-0.39, 0.29) is 17.5 Å². The zero-order chi connectivity index (χ0) is 22.0. The molecule has 2 aromatic carbocycles. The van der Waals surface area contributed by atoms with Crippen LogP contribution in [-0.4, -0.2) is 28.5 Å². The smallest absolute Gasteiger partial charge is 0.240 e. The van der Waals surface area contributed by atoms with Crippen LogP contribution in [0, 0.1) is 11.8 Å². The molecule has 158 valence electrons. The molecule has 1 aromatic heterocycles. The number of imide groups is 1. The maximum atomic E-state index is 13.7. The lowest BCUT2D eigenvalue weighted by atomic mass is 9.84. The lowest BCUT2D eigenvalue weighted by Crippen LogP contribution is -2.44. The average Bonchev–Trinajstić information content (AvgIpc) is 3.50. The number of fused-ring (bicyclic) bond motifs is 5. The van der Waals surface area contributed by atoms with E-state index < -0.39 is 29.8 Å². The summed E-state index contributed by atoms with van der Waals surface area (Å²) in [6, 6.07) is 16.4. The van der Waals surface area contributed by atoms with E-state index in [2.05, 4.69) is 0 Å². The first kappa shape index (κ1) is 19.1. The molecule has 32 heavy (non-hydrogen) atoms. The Morgan fingerprint density at radius 1 is 0.938 bits per heavy atom. The largest absolute Gasteiger partial charge is 0.461 e. The van der Waals surface area contributed by atoms with Gasteiger partial charge in [-0.3, -0.25) is 14.4 Å². The molecule has 6 nitrogen and oxygen atoms in total. The Hall–Kier alpha value is -3.64. The molecular weight excluding hydrogens is 428 g/mol. The lowest BCUT2D eigenvalue weighted by molar-refractivity contribution is -0.123. The molecule has 0 aliphatic carbocycles. The molecule has 0 saturated carbocycles. The zero-order valence-corrected chi connectivity index (χ0v) is 17.5. The van der Waals surface area contributed by atoms with Gasteiger partial charge in [0, 0.05) is 11.2 Å². The van der Waals surface area contributed by atoms with E-state index in [1.807, 2.05) is 41.4 Å². The summed E-state index contributed by atoms with van der Waals surface area (Å²) < 4.78 is 5.37. The van der Waals surface area contributed by atoms with Crippen LogP contribution in [0.2, 0.25) is 5.02 Å². The predicted molar refractivity (Wildman–Crippen MR) is 118 cm³/mol. The summed E-state index contributed by atoms with van der Waals surface area (Å²) in [6.45, 7) is 0. The molecule has 0 radical (unpaired) electrons. The van der Waals surface area contributed by atoms with Crippen molar-refractivity contribution in [2.45, 2.75) is 12.1 Å². The number of carbonyl (C=O) groups is 3. The van der Waals surface area contributed by atoms with Gasteiger partial charge in [0.25, 0.3) is 0 Å². The highest BCUT2D eigenvalue weighted by Crippen LogP contribution is 2.53. The van der Waals surface area contributed by atoms with Gasteiger partial charge in [-0.2, -0.15) is 0 Å². The number of rotatable bonds is 3. The minimum absolute atomic E-state index is 0.170. The molecule has 3 aromatic rings. The zero-order valence-electron chi connectivity index (χ0n) is 16.7. The van der Waals surface area contributed by atoms with Gasteiger partial charge in [0.15, 0.2) is 5.76 Å². The minimum Gasteiger partial charge on any atom is -0.461 e. The predicted octanol–water partition coefficient (Wildman–Crippen LogP) is 4.33. The monoisotopic (exact) mass is 444 g/mol. The molecular formula is C25H17ClN2O4. The van der Waals surface area contributed by atoms with Gasteiger partial charge in [-0.15, -0.1) is 0 Å². The first-order valence-electron chi connectivity index (χ1n) is 10.3. The van der Waals surface area contributed by atoms with Crippen molar-refractivity contribution in [2.75, 3.05) is 4.90 Å². The number of nitrogens with zero attached hydrogens (tertiary/aromatic N) is 2. The van der Waals surface area contributed by atoms with Gasteiger partial charge in [0.2, 0.25) is 17.6 Å². The summed E-state index contributed by atoms with van der Waals surface area (Å²) in [5.74, 6) is -2.39. The number of Topliss-reactive ketones (excluding diaryl/α,β-unsaturated/α-hetero) is 1. The number of amides is 2. The molecule has 4 atom stereocenters. The molecule has 2 amide bonds. The van der Waals surface area contributed by atoms with Gasteiger partial charge in [0.05, 0.1) is 29.8 Å². The third-order valence-electron chi connectivity index (χ3n) is 6.56. The molecule has 7 heteroatoms. The Kier molecular flexibility index (Phi) is 4.13. The number of hydrogen-bond acceptors (Lipinski definition) is 5. The van der Waals surface area contributed by atoms with Crippen LogP contribution in [0.1, 0.15) is 27.7 Å². The highest BCUT2D eigenvalue weighted by atomic mass is 35.5. The van der Waals surface area contributed by atoms with Crippen molar-refractivity contribution < 1.29 is 18.8 Å². The Morgan fingerprint density at radius 3 is 2.53 bits per heavy atom. The van der Waals surface area contributed by atoms with Crippen molar-refractivity contribution in [3.8, 4) is 0 Å². The number of anilines is 1. The van der Waals surface area contributed by atoms with Gasteiger partial charge >= 0.3 is 0 Å². The highest BCUT2D eigenvalue weighted by molar-refractivity contribution is 6.31. The minimum atomic E-state index is -0.846. The standard InChI is InChI=1S/C25H17ClN2O4/c26-15-6-3-7-16(13-15)28-24(30)19-20(25(28)31)22(23(29)18-9-4-12-32-18)27-11-10-14-5-1-2-8-17(14)21(19)27/h1-13,19-22H/t19-,20+,21+,22-/m0/s1. The van der Waals surface area contributed by atoms with E-state index in [1.165, 1.54) is 11.2 Å². The molecule has 0 N–H and O–H groups in total.